The molecule has 0 aromatic rings. The number of alkyl halides is 1. The Labute approximate surface area is 115 Å². The van der Waals surface area contributed by atoms with Crippen molar-refractivity contribution < 1.29 is 22.8 Å². The summed E-state index contributed by atoms with van der Waals surface area (Å²) in [5.41, 5.74) is 0. The summed E-state index contributed by atoms with van der Waals surface area (Å²) < 4.78 is 34.5. The van der Waals surface area contributed by atoms with Crippen molar-refractivity contribution in [1.82, 2.24) is 0 Å². The lowest BCUT2D eigenvalue weighted by atomic mass is 10.1. The highest BCUT2D eigenvalue weighted by Gasteiger charge is 2.29. The monoisotopic (exact) mass is 296 g/mol. The van der Waals surface area contributed by atoms with E-state index < -0.39 is 25.7 Å². The molecule has 0 amide bonds. The lowest BCUT2D eigenvalue weighted by Crippen LogP contribution is -2.20. The van der Waals surface area contributed by atoms with Crippen LogP contribution in [0, 0.1) is 0 Å². The van der Waals surface area contributed by atoms with Crippen LogP contribution in [0.3, 0.4) is 0 Å². The van der Waals surface area contributed by atoms with E-state index in [1.54, 1.807) is 0 Å². The van der Waals surface area contributed by atoms with E-state index in [2.05, 4.69) is 16.0 Å². The summed E-state index contributed by atoms with van der Waals surface area (Å²) in [6, 6.07) is 0. The average molecular weight is 296 g/mol. The Morgan fingerprint density at radius 2 is 1.63 bits per heavy atom. The molecular weight excluding hydrogens is 270 g/mol. The fraction of sp³-hybridized carbons (Fsp3) is 0.923. The maximum Gasteiger partial charge on any atom is 0.337 e. The maximum absolute atomic E-state index is 13.6. The van der Waals surface area contributed by atoms with Crippen LogP contribution in [0.25, 0.3) is 0 Å². The van der Waals surface area contributed by atoms with Crippen LogP contribution in [0.2, 0.25) is 0 Å². The van der Waals surface area contributed by atoms with Crippen LogP contribution in [0.1, 0.15) is 51.9 Å². The van der Waals surface area contributed by atoms with E-state index >= 15 is 0 Å². The summed E-state index contributed by atoms with van der Waals surface area (Å²) in [6.45, 7) is 2.14. The van der Waals surface area contributed by atoms with Gasteiger partial charge in [0.2, 0.25) is 0 Å². The third-order valence-corrected chi connectivity index (χ3v) is 4.88. The molecule has 0 heterocycles. The third kappa shape index (κ3) is 8.51. The molecule has 1 unspecified atom stereocenters. The zero-order valence-corrected chi connectivity index (χ0v) is 13.1. The molecule has 0 bridgehead atoms. The van der Waals surface area contributed by atoms with Crippen molar-refractivity contribution >= 4 is 13.4 Å². The van der Waals surface area contributed by atoms with Crippen molar-refractivity contribution in [3.05, 3.63) is 0 Å². The van der Waals surface area contributed by atoms with Crippen molar-refractivity contribution in [3.63, 3.8) is 0 Å². The number of rotatable bonds is 12. The molecule has 6 heteroatoms. The number of hydrogen-bond acceptors (Lipinski definition) is 4. The van der Waals surface area contributed by atoms with Crippen LogP contribution in [-0.2, 0) is 18.4 Å². The minimum absolute atomic E-state index is 0.193. The third-order valence-electron chi connectivity index (χ3n) is 3.07. The molecule has 114 valence electrons. The number of hydrogen-bond donors (Lipinski definition) is 0. The van der Waals surface area contributed by atoms with Crippen LogP contribution in [0.15, 0.2) is 0 Å². The lowest BCUT2D eigenvalue weighted by Gasteiger charge is -2.14. The predicted octanol–water partition coefficient (Wildman–Crippen LogP) is 4.13. The van der Waals surface area contributed by atoms with Gasteiger partial charge in [0.15, 0.2) is 12.0 Å². The minimum Gasteiger partial charge on any atom is -0.312 e. The van der Waals surface area contributed by atoms with Gasteiger partial charge in [-0.1, -0.05) is 45.4 Å². The molecule has 0 aromatic heterocycles. The highest BCUT2D eigenvalue weighted by atomic mass is 31.2. The van der Waals surface area contributed by atoms with Crippen molar-refractivity contribution in [1.29, 1.82) is 0 Å². The van der Waals surface area contributed by atoms with Gasteiger partial charge in [-0.25, -0.2) is 4.39 Å². The highest BCUT2D eigenvalue weighted by Crippen LogP contribution is 2.46. The summed E-state index contributed by atoms with van der Waals surface area (Å²) in [7, 11) is -1.05. The second-order valence-electron chi connectivity index (χ2n) is 4.62. The van der Waals surface area contributed by atoms with Crippen LogP contribution in [-0.4, -0.2) is 32.3 Å². The zero-order chi connectivity index (χ0) is 14.7. The minimum atomic E-state index is -3.43. The Bertz CT molecular complexity index is 288. The maximum atomic E-state index is 13.6. The van der Waals surface area contributed by atoms with E-state index in [1.807, 2.05) is 0 Å². The van der Waals surface area contributed by atoms with Gasteiger partial charge in [-0.15, -0.1) is 0 Å². The molecule has 0 radical (unpaired) electrons. The molecule has 0 spiro atoms. The first kappa shape index (κ1) is 18.8. The second kappa shape index (κ2) is 10.5. The Morgan fingerprint density at radius 1 is 1.11 bits per heavy atom. The highest BCUT2D eigenvalue weighted by molar-refractivity contribution is 7.54. The molecule has 0 rings (SSSR count). The van der Waals surface area contributed by atoms with Crippen molar-refractivity contribution in [2.45, 2.75) is 58.0 Å². The van der Waals surface area contributed by atoms with Gasteiger partial charge in [0.1, 0.15) is 6.16 Å². The Hall–Kier alpha value is -0.250. The molecule has 0 saturated carbocycles. The Balaban J connectivity index is 3.85. The van der Waals surface area contributed by atoms with Gasteiger partial charge in [0.05, 0.1) is 0 Å². The standard InChI is InChI=1S/C13H26FO4P/c1-4-5-6-7-8-9-10-12(14)13(15)11-19(16,17-2)18-3/h12H,4-11H2,1-3H3. The Kier molecular flexibility index (Phi) is 10.4. The smallest absolute Gasteiger partial charge is 0.312 e. The molecular formula is C13H26FO4P. The van der Waals surface area contributed by atoms with E-state index in [0.29, 0.717) is 6.42 Å². The number of carbonyl (C=O) groups excluding carboxylic acids is 1. The van der Waals surface area contributed by atoms with Crippen molar-refractivity contribution in [3.8, 4) is 0 Å². The van der Waals surface area contributed by atoms with Gasteiger partial charge in [-0.2, -0.15) is 0 Å². The SMILES string of the molecule is CCCCCCCCC(F)C(=O)CP(=O)(OC)OC. The normalized spacial score (nSPS) is 13.5. The van der Waals surface area contributed by atoms with E-state index in [4.69, 9.17) is 0 Å². The number of carbonyl (C=O) groups is 1. The molecule has 0 saturated heterocycles. The first-order chi connectivity index (χ1) is 8.99. The average Bonchev–Trinajstić information content (AvgIpc) is 2.42. The molecule has 0 N–H and O–H groups in total. The predicted molar refractivity (Wildman–Crippen MR) is 74.4 cm³/mol. The first-order valence-corrected chi connectivity index (χ1v) is 8.59. The van der Waals surface area contributed by atoms with Gasteiger partial charge >= 0.3 is 7.60 Å². The lowest BCUT2D eigenvalue weighted by molar-refractivity contribution is -0.121. The van der Waals surface area contributed by atoms with Crippen molar-refractivity contribution in [2.24, 2.45) is 0 Å². The molecule has 0 aliphatic heterocycles. The van der Waals surface area contributed by atoms with Crippen LogP contribution >= 0.6 is 7.60 Å². The van der Waals surface area contributed by atoms with E-state index in [0.717, 1.165) is 19.3 Å². The fourth-order valence-electron chi connectivity index (χ4n) is 1.76. The second-order valence-corrected chi connectivity index (χ2v) is 6.89. The molecule has 0 fully saturated rings. The van der Waals surface area contributed by atoms with Gasteiger partial charge in [0.25, 0.3) is 0 Å². The number of halogens is 1. The van der Waals surface area contributed by atoms with Gasteiger partial charge in [-0.3, -0.25) is 9.36 Å². The largest absolute Gasteiger partial charge is 0.337 e. The van der Waals surface area contributed by atoms with Gasteiger partial charge in [0, 0.05) is 14.2 Å². The van der Waals surface area contributed by atoms with Crippen molar-refractivity contribution in [2.75, 3.05) is 20.4 Å². The summed E-state index contributed by atoms with van der Waals surface area (Å²) in [4.78, 5) is 11.5. The first-order valence-electron chi connectivity index (χ1n) is 6.86. The summed E-state index contributed by atoms with van der Waals surface area (Å²) in [6.07, 6.45) is 4.35. The number of Topliss-reactive ketones (excluding diaryl/α,β-unsaturated/α-hetero) is 1. The fourth-order valence-corrected chi connectivity index (χ4v) is 2.75. The van der Waals surface area contributed by atoms with Crippen LogP contribution in [0.5, 0.6) is 0 Å². The van der Waals surface area contributed by atoms with E-state index in [9.17, 15) is 13.8 Å². The quantitative estimate of drug-likeness (QED) is 0.401. The van der Waals surface area contributed by atoms with Crippen LogP contribution < -0.4 is 0 Å². The molecule has 0 aliphatic rings. The van der Waals surface area contributed by atoms with E-state index in [1.165, 1.54) is 27.1 Å². The van der Waals surface area contributed by atoms with Gasteiger partial charge < -0.3 is 9.05 Å². The molecule has 1 atom stereocenters. The topological polar surface area (TPSA) is 52.6 Å². The summed E-state index contributed by atoms with van der Waals surface area (Å²) in [5.74, 6) is -0.694. The molecule has 19 heavy (non-hydrogen) atoms. The van der Waals surface area contributed by atoms with Crippen LogP contribution in [0.4, 0.5) is 4.39 Å². The van der Waals surface area contributed by atoms with Gasteiger partial charge in [-0.05, 0) is 6.42 Å². The molecule has 0 aliphatic carbocycles. The summed E-state index contributed by atoms with van der Waals surface area (Å²) >= 11 is 0. The number of ketones is 1. The number of unbranched alkanes of at least 4 members (excludes halogenated alkanes) is 5. The van der Waals surface area contributed by atoms with E-state index in [-0.39, 0.29) is 6.42 Å². The Morgan fingerprint density at radius 3 is 2.16 bits per heavy atom. The zero-order valence-electron chi connectivity index (χ0n) is 12.2. The molecule has 0 aromatic carbocycles. The summed E-state index contributed by atoms with van der Waals surface area (Å²) in [5, 5.41) is 0. The molecule has 4 nitrogen and oxygen atoms in total.